The molecule has 0 radical (unpaired) electrons. The van der Waals surface area contributed by atoms with Crippen molar-refractivity contribution in [2.75, 3.05) is 62.8 Å². The molecule has 0 spiro atoms. The minimum Gasteiger partial charge on any atom is -0.508 e. The maximum atomic E-state index is 13.9. The SMILES string of the molecule is COc1ccc(F)cc1N1CCC(CN2CCN3c4ccc5c(c4OCC3C2)CN(C2CCC(=O)NC2=O)C5=O)CC1.Oc1ccc2c(c1)CCCC2.c1ccccc1. The van der Waals surface area contributed by atoms with Gasteiger partial charge in [-0.2, -0.15) is 0 Å². The zero-order chi connectivity index (χ0) is 40.9. The van der Waals surface area contributed by atoms with Crippen molar-refractivity contribution in [3.8, 4) is 17.2 Å². The Hall–Kier alpha value is -5.62. The van der Waals surface area contributed by atoms with Crippen LogP contribution >= 0.6 is 0 Å². The van der Waals surface area contributed by atoms with Crippen molar-refractivity contribution in [2.45, 2.75) is 70.0 Å². The van der Waals surface area contributed by atoms with Gasteiger partial charge in [0.25, 0.3) is 5.91 Å². The number of rotatable bonds is 5. The highest BCUT2D eigenvalue weighted by Gasteiger charge is 2.43. The van der Waals surface area contributed by atoms with Gasteiger partial charge in [-0.25, -0.2) is 4.39 Å². The van der Waals surface area contributed by atoms with Gasteiger partial charge >= 0.3 is 0 Å². The Bertz CT molecular complexity index is 2120. The normalized spacial score (nSPS) is 21.3. The molecule has 3 amide bonds. The van der Waals surface area contributed by atoms with Crippen molar-refractivity contribution in [3.05, 3.63) is 113 Å². The van der Waals surface area contributed by atoms with Crippen molar-refractivity contribution in [1.82, 2.24) is 15.1 Å². The third-order valence-electron chi connectivity index (χ3n) is 12.6. The molecule has 5 aliphatic heterocycles. The number of methoxy groups -OCH3 is 1. The van der Waals surface area contributed by atoms with Gasteiger partial charge in [0.05, 0.1) is 31.1 Å². The number of fused-ring (bicyclic) bond motifs is 6. The number of aryl methyl sites for hydroxylation is 2. The molecule has 2 atom stereocenters. The number of hydrogen-bond acceptors (Lipinski definition) is 9. The molecule has 0 aromatic heterocycles. The van der Waals surface area contributed by atoms with Crippen LogP contribution in [-0.2, 0) is 29.0 Å². The summed E-state index contributed by atoms with van der Waals surface area (Å²) in [6.07, 6.45) is 7.59. The van der Waals surface area contributed by atoms with E-state index in [4.69, 9.17) is 9.47 Å². The Morgan fingerprint density at radius 2 is 1.56 bits per heavy atom. The fraction of sp³-hybridized carbons (Fsp3) is 0.426. The minimum atomic E-state index is -0.638. The maximum Gasteiger partial charge on any atom is 0.255 e. The van der Waals surface area contributed by atoms with Gasteiger partial charge in [0.2, 0.25) is 11.8 Å². The quantitative estimate of drug-likeness (QED) is 0.223. The van der Waals surface area contributed by atoms with E-state index < -0.39 is 11.9 Å². The number of piperazine rings is 1. The number of nitrogens with one attached hydrogen (secondary N) is 1. The highest BCUT2D eigenvalue weighted by molar-refractivity contribution is 6.06. The first kappa shape index (κ1) is 40.2. The Morgan fingerprint density at radius 3 is 2.29 bits per heavy atom. The number of halogens is 1. The molecule has 3 saturated heterocycles. The smallest absolute Gasteiger partial charge is 0.255 e. The van der Waals surface area contributed by atoms with Gasteiger partial charge in [-0.1, -0.05) is 42.5 Å². The molecule has 59 heavy (non-hydrogen) atoms. The van der Waals surface area contributed by atoms with E-state index in [0.717, 1.165) is 81.2 Å². The fourth-order valence-electron chi connectivity index (χ4n) is 9.45. The number of phenolic OH excluding ortho intramolecular Hbond substituents is 1. The van der Waals surface area contributed by atoms with Crippen LogP contribution < -0.4 is 24.6 Å². The van der Waals surface area contributed by atoms with Gasteiger partial charge in [-0.15, -0.1) is 0 Å². The Balaban J connectivity index is 0.000000234. The molecule has 10 rings (SSSR count). The van der Waals surface area contributed by atoms with Crippen molar-refractivity contribution in [1.29, 1.82) is 0 Å². The lowest BCUT2D eigenvalue weighted by molar-refractivity contribution is -0.136. The van der Waals surface area contributed by atoms with Crippen molar-refractivity contribution in [3.63, 3.8) is 0 Å². The Labute approximate surface area is 345 Å². The molecule has 12 heteroatoms. The summed E-state index contributed by atoms with van der Waals surface area (Å²) in [5.41, 5.74) is 6.03. The van der Waals surface area contributed by atoms with E-state index in [9.17, 15) is 23.9 Å². The van der Waals surface area contributed by atoms with Gasteiger partial charge in [0.15, 0.2) is 0 Å². The van der Waals surface area contributed by atoms with E-state index in [2.05, 4.69) is 20.0 Å². The van der Waals surface area contributed by atoms with Crippen LogP contribution in [0.25, 0.3) is 0 Å². The molecule has 5 heterocycles. The second-order valence-electron chi connectivity index (χ2n) is 16.3. The standard InChI is InChI=1S/C31H36FN5O5.C10H12O.C6H6/c1-41-27-6-2-20(32)14-26(27)35-10-8-19(9-11-35)15-34-12-13-36-21(16-34)18-42-29-23-17-37(25-5-7-28(38)33-30(25)39)31(40)22(23)3-4-24(29)36;11-10-6-5-8-3-1-2-4-9(8)7-10;1-2-4-6-5-3-1/h2-4,6,14,19,21,25H,5,7-13,15-18H2,1H3,(H,33,38,39);5-7,11H,1-4H2;1-6H. The summed E-state index contributed by atoms with van der Waals surface area (Å²) in [5.74, 6) is 1.33. The van der Waals surface area contributed by atoms with E-state index in [0.29, 0.717) is 42.6 Å². The highest BCUT2D eigenvalue weighted by atomic mass is 19.1. The zero-order valence-corrected chi connectivity index (χ0v) is 33.8. The predicted molar refractivity (Wildman–Crippen MR) is 225 cm³/mol. The first-order chi connectivity index (χ1) is 28.7. The summed E-state index contributed by atoms with van der Waals surface area (Å²) < 4.78 is 25.7. The van der Waals surface area contributed by atoms with Gasteiger partial charge in [0, 0.05) is 62.9 Å². The van der Waals surface area contributed by atoms with Crippen LogP contribution in [0.5, 0.6) is 17.2 Å². The van der Waals surface area contributed by atoms with E-state index in [-0.39, 0.29) is 30.1 Å². The number of carbonyl (C=O) groups excluding carboxylic acids is 3. The topological polar surface area (TPSA) is 115 Å². The summed E-state index contributed by atoms with van der Waals surface area (Å²) >= 11 is 0. The molecular weight excluding hydrogens is 750 g/mol. The average molecular weight is 804 g/mol. The van der Waals surface area contributed by atoms with Crippen molar-refractivity contribution in [2.24, 2.45) is 5.92 Å². The maximum absolute atomic E-state index is 13.9. The van der Waals surface area contributed by atoms with Gasteiger partial charge in [0.1, 0.15) is 35.7 Å². The third-order valence-corrected chi connectivity index (χ3v) is 12.6. The summed E-state index contributed by atoms with van der Waals surface area (Å²) in [5, 5.41) is 11.6. The number of benzene rings is 4. The van der Waals surface area contributed by atoms with Crippen molar-refractivity contribution >= 4 is 29.1 Å². The molecule has 4 aromatic carbocycles. The Morgan fingerprint density at radius 1 is 0.814 bits per heavy atom. The first-order valence-electron chi connectivity index (χ1n) is 21.1. The predicted octanol–water partition coefficient (Wildman–Crippen LogP) is 6.35. The first-order valence-corrected chi connectivity index (χ1v) is 21.1. The molecule has 0 saturated carbocycles. The van der Waals surface area contributed by atoms with Gasteiger partial charge in [-0.3, -0.25) is 24.6 Å². The Kier molecular flexibility index (Phi) is 12.3. The number of aromatic hydroxyl groups is 1. The summed E-state index contributed by atoms with van der Waals surface area (Å²) in [4.78, 5) is 46.1. The summed E-state index contributed by atoms with van der Waals surface area (Å²) in [6.45, 7) is 6.39. The number of nitrogens with zero attached hydrogens (tertiary/aromatic N) is 4. The average Bonchev–Trinajstić information content (AvgIpc) is 3.60. The molecule has 11 nitrogen and oxygen atoms in total. The summed E-state index contributed by atoms with van der Waals surface area (Å²) in [6, 6.07) is 25.9. The number of anilines is 2. The summed E-state index contributed by atoms with van der Waals surface area (Å²) in [7, 11) is 1.62. The zero-order valence-electron chi connectivity index (χ0n) is 33.8. The third kappa shape index (κ3) is 9.02. The van der Waals surface area contributed by atoms with E-state index in [1.54, 1.807) is 30.2 Å². The number of ether oxygens (including phenoxy) is 2. The van der Waals surface area contributed by atoms with Crippen molar-refractivity contribution < 1.29 is 33.4 Å². The molecule has 0 bridgehead atoms. The lowest BCUT2D eigenvalue weighted by atomic mass is 9.92. The van der Waals surface area contributed by atoms with Crippen LogP contribution in [0.1, 0.15) is 65.6 Å². The largest absolute Gasteiger partial charge is 0.508 e. The van der Waals surface area contributed by atoms with Gasteiger partial charge < -0.3 is 29.3 Å². The van der Waals surface area contributed by atoms with E-state index >= 15 is 0 Å². The molecular formula is C47H54FN5O6. The van der Waals surface area contributed by atoms with Gasteiger partial charge in [-0.05, 0) is 98.4 Å². The molecule has 3 fully saturated rings. The number of phenols is 1. The van der Waals surface area contributed by atoms with Crippen LogP contribution in [0, 0.1) is 11.7 Å². The lowest BCUT2D eigenvalue weighted by Crippen LogP contribution is -2.58. The monoisotopic (exact) mass is 803 g/mol. The second kappa shape index (κ2) is 18.1. The fourth-order valence-corrected chi connectivity index (χ4v) is 9.45. The van der Waals surface area contributed by atoms with Crippen LogP contribution in [0.3, 0.4) is 0 Å². The molecule has 6 aliphatic rings. The minimum absolute atomic E-state index is 0.181. The molecule has 2 unspecified atom stereocenters. The second-order valence-corrected chi connectivity index (χ2v) is 16.3. The molecule has 2 N–H and O–H groups in total. The number of imide groups is 1. The van der Waals surface area contributed by atoms with Crippen LogP contribution in [0.2, 0.25) is 0 Å². The van der Waals surface area contributed by atoms with Crippen LogP contribution in [0.15, 0.2) is 84.9 Å². The van der Waals surface area contributed by atoms with Crippen LogP contribution in [0.4, 0.5) is 15.8 Å². The number of carbonyl (C=O) groups is 3. The molecule has 310 valence electrons. The number of hydrogen-bond donors (Lipinski definition) is 2. The van der Waals surface area contributed by atoms with E-state index in [1.807, 2.05) is 60.7 Å². The molecule has 1 aliphatic carbocycles. The number of amides is 3. The molecule has 4 aromatic rings. The van der Waals surface area contributed by atoms with Crippen LogP contribution in [-0.4, -0.2) is 97.7 Å². The lowest BCUT2D eigenvalue weighted by Gasteiger charge is -2.47. The highest BCUT2D eigenvalue weighted by Crippen LogP contribution is 2.44. The van der Waals surface area contributed by atoms with E-state index in [1.165, 1.54) is 36.5 Å². The number of piperidine rings is 2.